The van der Waals surface area contributed by atoms with E-state index in [9.17, 15) is 13.2 Å². The number of nitrogens with zero attached hydrogens (tertiary/aromatic N) is 3. The van der Waals surface area contributed by atoms with Gasteiger partial charge >= 0.3 is 6.18 Å². The molecular formula is C11H17F3N4O. The minimum absolute atomic E-state index is 0.322. The molecule has 108 valence electrons. The summed E-state index contributed by atoms with van der Waals surface area (Å²) < 4.78 is 41.8. The maximum absolute atomic E-state index is 12.2. The van der Waals surface area contributed by atoms with Crippen LogP contribution in [0.3, 0.4) is 0 Å². The van der Waals surface area contributed by atoms with E-state index in [4.69, 9.17) is 10.3 Å². The van der Waals surface area contributed by atoms with Crippen LogP contribution in [0.1, 0.15) is 11.5 Å². The molecule has 2 rings (SSSR count). The number of hydrogen-bond donors (Lipinski definition) is 1. The Hall–Kier alpha value is -1.12. The molecule has 2 N–H and O–H groups in total. The summed E-state index contributed by atoms with van der Waals surface area (Å²) in [6.07, 6.45) is -4.12. The molecule has 1 saturated heterocycles. The molecule has 0 unspecified atom stereocenters. The Morgan fingerprint density at radius 1 is 1.21 bits per heavy atom. The molecular weight excluding hydrogens is 261 g/mol. The van der Waals surface area contributed by atoms with Crippen LogP contribution in [-0.2, 0) is 13.1 Å². The van der Waals surface area contributed by atoms with E-state index in [0.717, 1.165) is 0 Å². The van der Waals surface area contributed by atoms with E-state index >= 15 is 0 Å². The van der Waals surface area contributed by atoms with Gasteiger partial charge in [0.1, 0.15) is 0 Å². The summed E-state index contributed by atoms with van der Waals surface area (Å²) in [6.45, 7) is 2.06. The highest BCUT2D eigenvalue weighted by Crippen LogP contribution is 2.18. The topological polar surface area (TPSA) is 58.5 Å². The average Bonchev–Trinajstić information content (AvgIpc) is 2.77. The molecule has 0 radical (unpaired) electrons. The second kappa shape index (κ2) is 5.89. The molecule has 0 spiro atoms. The Morgan fingerprint density at radius 3 is 2.37 bits per heavy atom. The van der Waals surface area contributed by atoms with Gasteiger partial charge in [0.2, 0.25) is 0 Å². The van der Waals surface area contributed by atoms with Crippen LogP contribution in [-0.4, -0.2) is 53.9 Å². The third kappa shape index (κ3) is 4.48. The van der Waals surface area contributed by atoms with Crippen molar-refractivity contribution in [3.63, 3.8) is 0 Å². The minimum Gasteiger partial charge on any atom is -0.360 e. The number of nitrogens with two attached hydrogens (primary N) is 1. The Morgan fingerprint density at radius 2 is 1.84 bits per heavy atom. The van der Waals surface area contributed by atoms with Crippen LogP contribution in [0.15, 0.2) is 10.6 Å². The molecule has 0 saturated carbocycles. The van der Waals surface area contributed by atoms with Crippen LogP contribution in [0.25, 0.3) is 0 Å². The average molecular weight is 278 g/mol. The first-order chi connectivity index (χ1) is 8.96. The predicted molar refractivity (Wildman–Crippen MR) is 62.2 cm³/mol. The van der Waals surface area contributed by atoms with Gasteiger partial charge < -0.3 is 10.3 Å². The third-order valence-electron chi connectivity index (χ3n) is 3.06. The first kappa shape index (κ1) is 14.3. The van der Waals surface area contributed by atoms with Crippen LogP contribution in [0.2, 0.25) is 0 Å². The van der Waals surface area contributed by atoms with E-state index in [1.54, 1.807) is 6.07 Å². The number of piperazine rings is 1. The van der Waals surface area contributed by atoms with Crippen molar-refractivity contribution < 1.29 is 17.7 Å². The van der Waals surface area contributed by atoms with Crippen molar-refractivity contribution >= 4 is 0 Å². The Bertz CT molecular complexity index is 399. The van der Waals surface area contributed by atoms with Crippen LogP contribution < -0.4 is 5.73 Å². The molecule has 1 aliphatic heterocycles. The van der Waals surface area contributed by atoms with Gasteiger partial charge in [-0.3, -0.25) is 9.80 Å². The lowest BCUT2D eigenvalue weighted by Gasteiger charge is -2.34. The van der Waals surface area contributed by atoms with Crippen LogP contribution in [0, 0.1) is 0 Å². The van der Waals surface area contributed by atoms with Crippen molar-refractivity contribution in [1.29, 1.82) is 0 Å². The third-order valence-corrected chi connectivity index (χ3v) is 3.06. The molecule has 5 nitrogen and oxygen atoms in total. The van der Waals surface area contributed by atoms with E-state index in [2.05, 4.69) is 5.16 Å². The van der Waals surface area contributed by atoms with Gasteiger partial charge in [-0.2, -0.15) is 13.2 Å². The highest BCUT2D eigenvalue weighted by Gasteiger charge is 2.32. The van der Waals surface area contributed by atoms with E-state index in [-0.39, 0.29) is 0 Å². The molecule has 1 fully saturated rings. The number of hydrogen-bond acceptors (Lipinski definition) is 5. The van der Waals surface area contributed by atoms with Gasteiger partial charge in [0.15, 0.2) is 5.76 Å². The smallest absolute Gasteiger partial charge is 0.360 e. The van der Waals surface area contributed by atoms with Gasteiger partial charge in [-0.05, 0) is 0 Å². The number of aromatic nitrogens is 1. The summed E-state index contributed by atoms with van der Waals surface area (Å²) in [5.41, 5.74) is 6.11. The fraction of sp³-hybridized carbons (Fsp3) is 0.727. The number of halogens is 3. The van der Waals surface area contributed by atoms with Crippen LogP contribution >= 0.6 is 0 Å². The van der Waals surface area contributed by atoms with Gasteiger partial charge in [0, 0.05) is 38.8 Å². The summed E-state index contributed by atoms with van der Waals surface area (Å²) >= 11 is 0. The van der Waals surface area contributed by atoms with Crippen molar-refractivity contribution in [3.8, 4) is 0 Å². The second-order valence-corrected chi connectivity index (χ2v) is 4.66. The lowest BCUT2D eigenvalue weighted by atomic mass is 10.3. The Balaban J connectivity index is 1.77. The summed E-state index contributed by atoms with van der Waals surface area (Å²) in [7, 11) is 0. The highest BCUT2D eigenvalue weighted by atomic mass is 19.4. The molecule has 8 heteroatoms. The van der Waals surface area contributed by atoms with Crippen molar-refractivity contribution in [2.24, 2.45) is 5.73 Å². The monoisotopic (exact) mass is 278 g/mol. The minimum atomic E-state index is -4.12. The predicted octanol–water partition coefficient (Wildman–Crippen LogP) is 0.813. The van der Waals surface area contributed by atoms with Gasteiger partial charge in [-0.15, -0.1) is 0 Å². The lowest BCUT2D eigenvalue weighted by Crippen LogP contribution is -2.48. The highest BCUT2D eigenvalue weighted by molar-refractivity contribution is 5.04. The number of alkyl halides is 3. The van der Waals surface area contributed by atoms with Crippen molar-refractivity contribution in [3.05, 3.63) is 17.5 Å². The molecule has 0 amide bonds. The SMILES string of the molecule is NCc1cc(CN2CCN(CC(F)(F)F)CC2)on1. The first-order valence-electron chi connectivity index (χ1n) is 6.12. The van der Waals surface area contributed by atoms with Gasteiger partial charge in [-0.25, -0.2) is 0 Å². The van der Waals surface area contributed by atoms with E-state index in [0.29, 0.717) is 50.7 Å². The second-order valence-electron chi connectivity index (χ2n) is 4.66. The molecule has 0 atom stereocenters. The first-order valence-corrected chi connectivity index (χ1v) is 6.12. The van der Waals surface area contributed by atoms with Gasteiger partial charge in [-0.1, -0.05) is 5.16 Å². The lowest BCUT2D eigenvalue weighted by molar-refractivity contribution is -0.149. The zero-order valence-electron chi connectivity index (χ0n) is 10.5. The zero-order chi connectivity index (χ0) is 13.9. The standard InChI is InChI=1S/C11H17F3N4O/c12-11(13,14)8-18-3-1-17(2-4-18)7-10-5-9(6-15)16-19-10/h5H,1-4,6-8,15H2. The fourth-order valence-corrected chi connectivity index (χ4v) is 2.11. The Labute approximate surface area is 109 Å². The largest absolute Gasteiger partial charge is 0.401 e. The molecule has 0 aliphatic carbocycles. The summed E-state index contributed by atoms with van der Waals surface area (Å²) in [5, 5.41) is 3.78. The van der Waals surface area contributed by atoms with Crippen LogP contribution in [0.4, 0.5) is 13.2 Å². The summed E-state index contributed by atoms with van der Waals surface area (Å²) in [5.74, 6) is 0.699. The normalized spacial score (nSPS) is 18.9. The van der Waals surface area contributed by atoms with E-state index < -0.39 is 12.7 Å². The van der Waals surface area contributed by atoms with Gasteiger partial charge in [0.25, 0.3) is 0 Å². The fourth-order valence-electron chi connectivity index (χ4n) is 2.11. The maximum Gasteiger partial charge on any atom is 0.401 e. The summed E-state index contributed by atoms with van der Waals surface area (Å²) in [4.78, 5) is 3.47. The van der Waals surface area contributed by atoms with E-state index in [1.165, 1.54) is 4.90 Å². The summed E-state index contributed by atoms with van der Waals surface area (Å²) in [6, 6.07) is 1.78. The van der Waals surface area contributed by atoms with E-state index in [1.807, 2.05) is 4.90 Å². The molecule has 1 aliphatic rings. The van der Waals surface area contributed by atoms with Crippen molar-refractivity contribution in [2.75, 3.05) is 32.7 Å². The number of rotatable bonds is 4. The molecule has 1 aromatic rings. The molecule has 0 bridgehead atoms. The molecule has 0 aromatic carbocycles. The van der Waals surface area contributed by atoms with Gasteiger partial charge in [0.05, 0.1) is 18.8 Å². The maximum atomic E-state index is 12.2. The molecule has 1 aromatic heterocycles. The quantitative estimate of drug-likeness (QED) is 0.883. The van der Waals surface area contributed by atoms with Crippen LogP contribution in [0.5, 0.6) is 0 Å². The van der Waals surface area contributed by atoms with Crippen molar-refractivity contribution in [2.45, 2.75) is 19.3 Å². The molecule has 2 heterocycles. The van der Waals surface area contributed by atoms with Crippen molar-refractivity contribution in [1.82, 2.24) is 15.0 Å². The Kier molecular flexibility index (Phi) is 4.43. The zero-order valence-corrected chi connectivity index (χ0v) is 10.5. The molecule has 19 heavy (non-hydrogen) atoms.